The molecule has 0 aliphatic carbocycles. The van der Waals surface area contributed by atoms with E-state index in [-0.39, 0.29) is 6.09 Å². The van der Waals surface area contributed by atoms with E-state index in [4.69, 9.17) is 16.3 Å². The zero-order chi connectivity index (χ0) is 14.0. The van der Waals surface area contributed by atoms with Gasteiger partial charge in [0, 0.05) is 18.0 Å². The van der Waals surface area contributed by atoms with Gasteiger partial charge in [0.05, 0.1) is 4.34 Å². The molecular weight excluding hydrogens is 282 g/mol. The second-order valence-corrected chi connectivity index (χ2v) is 7.22. The van der Waals surface area contributed by atoms with Gasteiger partial charge in [-0.3, -0.25) is 0 Å². The Kier molecular flexibility index (Phi) is 4.21. The van der Waals surface area contributed by atoms with Crippen molar-refractivity contribution < 1.29 is 9.53 Å². The van der Waals surface area contributed by atoms with E-state index in [1.165, 1.54) is 10.5 Å². The van der Waals surface area contributed by atoms with Crippen molar-refractivity contribution in [3.8, 4) is 0 Å². The van der Waals surface area contributed by atoms with Crippen LogP contribution >= 0.6 is 22.9 Å². The van der Waals surface area contributed by atoms with Crippen LogP contribution in [-0.2, 0) is 4.74 Å². The molecule has 2 rings (SSSR count). The van der Waals surface area contributed by atoms with Gasteiger partial charge >= 0.3 is 6.09 Å². The fraction of sp³-hybridized carbons (Fsp3) is 0.500. The molecule has 0 N–H and O–H groups in total. The summed E-state index contributed by atoms with van der Waals surface area (Å²) in [6.07, 6.45) is 2.68. The maximum atomic E-state index is 11.9. The SMILES string of the molecule is CC(C)(C)OC(=O)N1CC=C(c2ccc(Cl)s2)CC1. The summed E-state index contributed by atoms with van der Waals surface area (Å²) in [5.41, 5.74) is 0.819. The molecule has 104 valence electrons. The van der Waals surface area contributed by atoms with E-state index in [2.05, 4.69) is 6.08 Å². The quantitative estimate of drug-likeness (QED) is 0.768. The second-order valence-electron chi connectivity index (χ2n) is 5.51. The van der Waals surface area contributed by atoms with Crippen molar-refractivity contribution in [1.29, 1.82) is 0 Å². The summed E-state index contributed by atoms with van der Waals surface area (Å²) in [7, 11) is 0. The second kappa shape index (κ2) is 5.55. The number of hydrogen-bond acceptors (Lipinski definition) is 3. The molecule has 2 heterocycles. The first-order valence-electron chi connectivity index (χ1n) is 6.28. The highest BCUT2D eigenvalue weighted by atomic mass is 35.5. The van der Waals surface area contributed by atoms with Crippen LogP contribution in [0.15, 0.2) is 18.2 Å². The predicted molar refractivity (Wildman–Crippen MR) is 79.7 cm³/mol. The molecule has 1 aliphatic rings. The van der Waals surface area contributed by atoms with Gasteiger partial charge in [-0.1, -0.05) is 17.7 Å². The van der Waals surface area contributed by atoms with Crippen molar-refractivity contribution in [2.45, 2.75) is 32.8 Å². The highest BCUT2D eigenvalue weighted by Gasteiger charge is 2.24. The van der Waals surface area contributed by atoms with Gasteiger partial charge in [0.2, 0.25) is 0 Å². The van der Waals surface area contributed by atoms with E-state index in [0.29, 0.717) is 13.1 Å². The van der Waals surface area contributed by atoms with Crippen LogP contribution in [0, 0.1) is 0 Å². The number of carbonyl (C=O) groups excluding carboxylic acids is 1. The van der Waals surface area contributed by atoms with Crippen LogP contribution in [0.3, 0.4) is 0 Å². The maximum absolute atomic E-state index is 11.9. The maximum Gasteiger partial charge on any atom is 0.410 e. The molecule has 0 spiro atoms. The zero-order valence-electron chi connectivity index (χ0n) is 11.4. The minimum absolute atomic E-state index is 0.244. The zero-order valence-corrected chi connectivity index (χ0v) is 13.0. The molecule has 0 bridgehead atoms. The number of nitrogens with zero attached hydrogens (tertiary/aromatic N) is 1. The molecule has 0 saturated heterocycles. The molecule has 1 aliphatic heterocycles. The standard InChI is InChI=1S/C14H18ClNO2S/c1-14(2,3)18-13(17)16-8-6-10(7-9-16)11-4-5-12(15)19-11/h4-6H,7-9H2,1-3H3. The van der Waals surface area contributed by atoms with Crippen LogP contribution in [-0.4, -0.2) is 29.7 Å². The lowest BCUT2D eigenvalue weighted by atomic mass is 10.1. The Hall–Kier alpha value is -1.000. The normalized spacial score (nSPS) is 16.2. The summed E-state index contributed by atoms with van der Waals surface area (Å²) in [6.45, 7) is 6.92. The largest absolute Gasteiger partial charge is 0.444 e. The molecule has 1 aromatic rings. The lowest BCUT2D eigenvalue weighted by molar-refractivity contribution is 0.0270. The Balaban J connectivity index is 1.98. The summed E-state index contributed by atoms with van der Waals surface area (Å²) >= 11 is 7.51. The van der Waals surface area contributed by atoms with Crippen LogP contribution < -0.4 is 0 Å². The van der Waals surface area contributed by atoms with Crippen molar-refractivity contribution in [3.05, 3.63) is 27.4 Å². The summed E-state index contributed by atoms with van der Waals surface area (Å²) in [4.78, 5) is 14.8. The fourth-order valence-corrected chi connectivity index (χ4v) is 2.98. The number of halogens is 1. The molecule has 3 nitrogen and oxygen atoms in total. The van der Waals surface area contributed by atoms with E-state index < -0.39 is 5.60 Å². The van der Waals surface area contributed by atoms with Crippen molar-refractivity contribution >= 4 is 34.6 Å². The van der Waals surface area contributed by atoms with Crippen LogP contribution in [0.2, 0.25) is 4.34 Å². The van der Waals surface area contributed by atoms with Crippen LogP contribution in [0.5, 0.6) is 0 Å². The minimum atomic E-state index is -0.442. The Bertz CT molecular complexity index is 502. The first-order valence-corrected chi connectivity index (χ1v) is 7.47. The number of thiophene rings is 1. The Morgan fingerprint density at radius 1 is 1.42 bits per heavy atom. The monoisotopic (exact) mass is 299 g/mol. The molecule has 0 unspecified atom stereocenters. The van der Waals surface area contributed by atoms with Gasteiger partial charge in [-0.25, -0.2) is 4.79 Å². The Morgan fingerprint density at radius 3 is 2.63 bits per heavy atom. The highest BCUT2D eigenvalue weighted by Crippen LogP contribution is 2.31. The molecule has 0 saturated carbocycles. The van der Waals surface area contributed by atoms with Gasteiger partial charge in [0.15, 0.2) is 0 Å². The smallest absolute Gasteiger partial charge is 0.410 e. The lowest BCUT2D eigenvalue weighted by Gasteiger charge is -2.29. The molecule has 1 amide bonds. The molecular formula is C14H18ClNO2S. The number of hydrogen-bond donors (Lipinski definition) is 0. The first kappa shape index (κ1) is 14.4. The van der Waals surface area contributed by atoms with Gasteiger partial charge in [-0.2, -0.15) is 0 Å². The van der Waals surface area contributed by atoms with Crippen LogP contribution in [0.1, 0.15) is 32.1 Å². The summed E-state index contributed by atoms with van der Waals surface area (Å²) in [6, 6.07) is 3.94. The van der Waals surface area contributed by atoms with E-state index in [0.717, 1.165) is 10.8 Å². The third kappa shape index (κ3) is 3.98. The van der Waals surface area contributed by atoms with Gasteiger partial charge < -0.3 is 9.64 Å². The van der Waals surface area contributed by atoms with Gasteiger partial charge in [-0.15, -0.1) is 11.3 Å². The van der Waals surface area contributed by atoms with Crippen LogP contribution in [0.4, 0.5) is 4.79 Å². The molecule has 0 fully saturated rings. The van der Waals surface area contributed by atoms with Crippen molar-refractivity contribution in [1.82, 2.24) is 4.90 Å². The topological polar surface area (TPSA) is 29.5 Å². The molecule has 0 radical (unpaired) electrons. The minimum Gasteiger partial charge on any atom is -0.444 e. The number of carbonyl (C=O) groups is 1. The third-order valence-corrected chi connectivity index (χ3v) is 4.06. The molecule has 0 aromatic carbocycles. The molecule has 5 heteroatoms. The van der Waals surface area contributed by atoms with E-state index in [1.807, 2.05) is 32.9 Å². The molecule has 19 heavy (non-hydrogen) atoms. The summed E-state index contributed by atoms with van der Waals surface area (Å²) < 4.78 is 6.16. The third-order valence-electron chi connectivity index (χ3n) is 2.75. The number of amides is 1. The van der Waals surface area contributed by atoms with Gasteiger partial charge in [0.25, 0.3) is 0 Å². The van der Waals surface area contributed by atoms with Gasteiger partial charge in [0.1, 0.15) is 5.60 Å². The number of ether oxygens (including phenoxy) is 1. The average molecular weight is 300 g/mol. The van der Waals surface area contributed by atoms with Crippen LogP contribution in [0.25, 0.3) is 5.57 Å². The average Bonchev–Trinajstić information content (AvgIpc) is 2.74. The lowest BCUT2D eigenvalue weighted by Crippen LogP contribution is -2.39. The number of rotatable bonds is 1. The van der Waals surface area contributed by atoms with Crippen molar-refractivity contribution in [3.63, 3.8) is 0 Å². The summed E-state index contributed by atoms with van der Waals surface area (Å²) in [5, 5.41) is 0. The van der Waals surface area contributed by atoms with E-state index in [1.54, 1.807) is 16.2 Å². The Labute approximate surface area is 122 Å². The van der Waals surface area contributed by atoms with Crippen molar-refractivity contribution in [2.75, 3.05) is 13.1 Å². The molecule has 0 atom stereocenters. The summed E-state index contributed by atoms with van der Waals surface area (Å²) in [5.74, 6) is 0. The predicted octanol–water partition coefficient (Wildman–Crippen LogP) is 4.43. The highest BCUT2D eigenvalue weighted by molar-refractivity contribution is 7.17. The fourth-order valence-electron chi connectivity index (χ4n) is 1.87. The molecule has 1 aromatic heterocycles. The van der Waals surface area contributed by atoms with Crippen molar-refractivity contribution in [2.24, 2.45) is 0 Å². The van der Waals surface area contributed by atoms with E-state index in [9.17, 15) is 4.79 Å². The first-order chi connectivity index (χ1) is 8.85. The van der Waals surface area contributed by atoms with E-state index >= 15 is 0 Å². The van der Waals surface area contributed by atoms with Gasteiger partial charge in [-0.05, 0) is 44.9 Å². The Morgan fingerprint density at radius 2 is 2.16 bits per heavy atom.